The summed E-state index contributed by atoms with van der Waals surface area (Å²) in [5.74, 6) is -2.81. The third-order valence-corrected chi connectivity index (χ3v) is 4.33. The first kappa shape index (κ1) is 16.2. The molecule has 1 aromatic carbocycles. The Bertz CT molecular complexity index is 457. The number of alkyl halides is 3. The molecular weight excluding hydrogens is 289 g/mol. The van der Waals surface area contributed by atoms with Gasteiger partial charge in [-0.25, -0.2) is 8.78 Å². The van der Waals surface area contributed by atoms with E-state index in [1.807, 2.05) is 0 Å². The fourth-order valence-electron chi connectivity index (χ4n) is 3.20. The molecule has 1 aliphatic rings. The second-order valence-electron chi connectivity index (χ2n) is 5.55. The lowest BCUT2D eigenvalue weighted by Crippen LogP contribution is -2.34. The van der Waals surface area contributed by atoms with Gasteiger partial charge in [-0.2, -0.15) is 13.2 Å². The normalized spacial score (nSPS) is 24.9. The standard InChI is InChI=1S/C15H18F5N/c1-21-14(13-11(16)3-2-4-12(13)17)9-5-7-10(8-6-9)15(18,19)20/h2-4,9-10,14,21H,5-8H2,1H3. The van der Waals surface area contributed by atoms with Crippen molar-refractivity contribution in [3.05, 3.63) is 35.4 Å². The molecule has 1 atom stereocenters. The second kappa shape index (κ2) is 6.30. The van der Waals surface area contributed by atoms with E-state index in [1.165, 1.54) is 18.2 Å². The number of nitrogens with one attached hydrogen (secondary N) is 1. The molecule has 118 valence electrons. The minimum Gasteiger partial charge on any atom is -0.313 e. The molecule has 21 heavy (non-hydrogen) atoms. The number of benzene rings is 1. The molecule has 0 aliphatic heterocycles. The molecule has 0 radical (unpaired) electrons. The number of hydrogen-bond donors (Lipinski definition) is 1. The van der Waals surface area contributed by atoms with Crippen molar-refractivity contribution < 1.29 is 22.0 Å². The van der Waals surface area contributed by atoms with Crippen LogP contribution >= 0.6 is 0 Å². The van der Waals surface area contributed by atoms with Crippen molar-refractivity contribution >= 4 is 0 Å². The molecule has 0 spiro atoms. The highest BCUT2D eigenvalue weighted by Crippen LogP contribution is 2.43. The predicted octanol–water partition coefficient (Wildman–Crippen LogP) is 4.59. The summed E-state index contributed by atoms with van der Waals surface area (Å²) in [7, 11) is 1.58. The van der Waals surface area contributed by atoms with Crippen LogP contribution in [0.4, 0.5) is 22.0 Å². The lowest BCUT2D eigenvalue weighted by Gasteiger charge is -2.34. The smallest absolute Gasteiger partial charge is 0.313 e. The third kappa shape index (κ3) is 3.54. The minimum absolute atomic E-state index is 0.0163. The summed E-state index contributed by atoms with van der Waals surface area (Å²) in [6.07, 6.45) is -3.53. The van der Waals surface area contributed by atoms with Gasteiger partial charge in [0.25, 0.3) is 0 Å². The summed E-state index contributed by atoms with van der Waals surface area (Å²) in [5, 5.41) is 2.86. The maximum absolute atomic E-state index is 13.8. The highest BCUT2D eigenvalue weighted by molar-refractivity contribution is 5.24. The van der Waals surface area contributed by atoms with Crippen LogP contribution in [-0.4, -0.2) is 13.2 Å². The molecule has 0 saturated heterocycles. The van der Waals surface area contributed by atoms with Crippen LogP contribution in [0.5, 0.6) is 0 Å². The average molecular weight is 307 g/mol. The molecule has 6 heteroatoms. The fraction of sp³-hybridized carbons (Fsp3) is 0.600. The second-order valence-corrected chi connectivity index (χ2v) is 5.55. The number of hydrogen-bond acceptors (Lipinski definition) is 1. The van der Waals surface area contributed by atoms with Gasteiger partial charge < -0.3 is 5.32 Å². The van der Waals surface area contributed by atoms with Gasteiger partial charge in [-0.3, -0.25) is 0 Å². The van der Waals surface area contributed by atoms with Crippen molar-refractivity contribution in [2.45, 2.75) is 37.9 Å². The molecule has 1 N–H and O–H groups in total. The van der Waals surface area contributed by atoms with Crippen molar-refractivity contribution in [3.63, 3.8) is 0 Å². The van der Waals surface area contributed by atoms with Gasteiger partial charge in [0.2, 0.25) is 0 Å². The van der Waals surface area contributed by atoms with Crippen LogP contribution in [0.15, 0.2) is 18.2 Å². The lowest BCUT2D eigenvalue weighted by molar-refractivity contribution is -0.184. The van der Waals surface area contributed by atoms with Gasteiger partial charge in [0.15, 0.2) is 0 Å². The van der Waals surface area contributed by atoms with Crippen molar-refractivity contribution in [2.24, 2.45) is 11.8 Å². The van der Waals surface area contributed by atoms with Crippen LogP contribution in [0.2, 0.25) is 0 Å². The zero-order valence-electron chi connectivity index (χ0n) is 11.7. The van der Waals surface area contributed by atoms with Crippen LogP contribution in [0.25, 0.3) is 0 Å². The van der Waals surface area contributed by atoms with Gasteiger partial charge in [-0.05, 0) is 50.8 Å². The molecule has 2 rings (SSSR count). The number of rotatable bonds is 3. The summed E-state index contributed by atoms with van der Waals surface area (Å²) in [4.78, 5) is 0. The zero-order valence-corrected chi connectivity index (χ0v) is 11.7. The first-order valence-corrected chi connectivity index (χ1v) is 7.02. The van der Waals surface area contributed by atoms with Crippen LogP contribution in [0, 0.1) is 23.5 Å². The maximum atomic E-state index is 13.8. The summed E-state index contributed by atoms with van der Waals surface area (Å²) in [6, 6.07) is 3.02. The van der Waals surface area contributed by atoms with Crippen LogP contribution < -0.4 is 5.32 Å². The van der Waals surface area contributed by atoms with Gasteiger partial charge >= 0.3 is 6.18 Å². The molecular formula is C15H18F5N. The quantitative estimate of drug-likeness (QED) is 0.805. The Hall–Kier alpha value is -1.17. The minimum atomic E-state index is -4.18. The Morgan fingerprint density at radius 3 is 2.00 bits per heavy atom. The van der Waals surface area contributed by atoms with Crippen molar-refractivity contribution in [1.82, 2.24) is 5.32 Å². The van der Waals surface area contributed by atoms with Gasteiger partial charge in [-0.15, -0.1) is 0 Å². The molecule has 0 aromatic heterocycles. The fourth-order valence-corrected chi connectivity index (χ4v) is 3.20. The predicted molar refractivity (Wildman–Crippen MR) is 69.7 cm³/mol. The zero-order chi connectivity index (χ0) is 15.6. The first-order valence-electron chi connectivity index (χ1n) is 7.02. The molecule has 0 heterocycles. The summed E-state index contributed by atoms with van der Waals surface area (Å²) >= 11 is 0. The van der Waals surface area contributed by atoms with Crippen molar-refractivity contribution in [3.8, 4) is 0 Å². The molecule has 0 amide bonds. The van der Waals surface area contributed by atoms with Crippen LogP contribution in [0.3, 0.4) is 0 Å². The molecule has 0 bridgehead atoms. The van der Waals surface area contributed by atoms with Crippen molar-refractivity contribution in [2.75, 3.05) is 7.05 Å². The van der Waals surface area contributed by atoms with E-state index in [2.05, 4.69) is 5.32 Å². The Labute approximate surface area is 120 Å². The van der Waals surface area contributed by atoms with E-state index in [0.717, 1.165) is 0 Å². The Balaban J connectivity index is 2.14. The molecule has 1 unspecified atom stereocenters. The van der Waals surface area contributed by atoms with Gasteiger partial charge in [0.1, 0.15) is 11.6 Å². The van der Waals surface area contributed by atoms with Crippen LogP contribution in [-0.2, 0) is 0 Å². The average Bonchev–Trinajstić information content (AvgIpc) is 2.42. The monoisotopic (exact) mass is 307 g/mol. The SMILES string of the molecule is CNC(c1c(F)cccc1F)C1CCC(C(F)(F)F)CC1. The molecule has 1 aromatic rings. The van der Waals surface area contributed by atoms with Crippen molar-refractivity contribution in [1.29, 1.82) is 0 Å². The van der Waals surface area contributed by atoms with Gasteiger partial charge in [0, 0.05) is 11.6 Å². The highest BCUT2D eigenvalue weighted by Gasteiger charge is 2.43. The van der Waals surface area contributed by atoms with E-state index in [-0.39, 0.29) is 24.3 Å². The maximum Gasteiger partial charge on any atom is 0.391 e. The number of halogens is 5. The Kier molecular flexibility index (Phi) is 4.86. The van der Waals surface area contributed by atoms with Gasteiger partial charge in [-0.1, -0.05) is 6.07 Å². The Morgan fingerprint density at radius 1 is 1.05 bits per heavy atom. The van der Waals surface area contributed by atoms with Crippen LogP contribution in [0.1, 0.15) is 37.3 Å². The largest absolute Gasteiger partial charge is 0.391 e. The topological polar surface area (TPSA) is 12.0 Å². The van der Waals surface area contributed by atoms with Gasteiger partial charge in [0.05, 0.1) is 5.92 Å². The first-order chi connectivity index (χ1) is 9.84. The summed E-state index contributed by atoms with van der Waals surface area (Å²) < 4.78 is 65.7. The van der Waals surface area contributed by atoms with E-state index in [1.54, 1.807) is 7.05 Å². The molecule has 1 aliphatic carbocycles. The van der Waals surface area contributed by atoms with E-state index in [0.29, 0.717) is 12.8 Å². The van der Waals surface area contributed by atoms with E-state index >= 15 is 0 Å². The molecule has 1 nitrogen and oxygen atoms in total. The summed E-state index contributed by atoms with van der Waals surface area (Å²) in [5.41, 5.74) is -0.0736. The van der Waals surface area contributed by atoms with E-state index in [4.69, 9.17) is 0 Å². The van der Waals surface area contributed by atoms with E-state index < -0.39 is 29.8 Å². The molecule has 1 saturated carbocycles. The lowest BCUT2D eigenvalue weighted by atomic mass is 9.76. The molecule has 1 fully saturated rings. The Morgan fingerprint density at radius 2 is 1.57 bits per heavy atom. The summed E-state index contributed by atoms with van der Waals surface area (Å²) in [6.45, 7) is 0. The van der Waals surface area contributed by atoms with E-state index in [9.17, 15) is 22.0 Å². The highest BCUT2D eigenvalue weighted by atomic mass is 19.4. The third-order valence-electron chi connectivity index (χ3n) is 4.33.